The zero-order valence-corrected chi connectivity index (χ0v) is 10.1. The molecule has 1 unspecified atom stereocenters. The van der Waals surface area contributed by atoms with Crippen LogP contribution in [0.4, 0.5) is 4.39 Å². The summed E-state index contributed by atoms with van der Waals surface area (Å²) in [5, 5.41) is 3.75. The fourth-order valence-electron chi connectivity index (χ4n) is 1.60. The molecule has 1 aromatic carbocycles. The first kappa shape index (κ1) is 12.5. The molecule has 0 fully saturated rings. The summed E-state index contributed by atoms with van der Waals surface area (Å²) in [4.78, 5) is 0. The van der Waals surface area contributed by atoms with Gasteiger partial charge in [0.05, 0.1) is 0 Å². The van der Waals surface area contributed by atoms with Gasteiger partial charge in [-0.05, 0) is 37.1 Å². The molecule has 0 aliphatic rings. The summed E-state index contributed by atoms with van der Waals surface area (Å²) in [6.45, 7) is 4.30. The lowest BCUT2D eigenvalue weighted by atomic mass is 9.96. The van der Waals surface area contributed by atoms with Crippen LogP contribution in [0.25, 0.3) is 0 Å². The van der Waals surface area contributed by atoms with E-state index in [1.807, 2.05) is 7.05 Å². The van der Waals surface area contributed by atoms with Crippen molar-refractivity contribution in [1.82, 2.24) is 5.32 Å². The Kier molecular flexibility index (Phi) is 4.55. The van der Waals surface area contributed by atoms with Crippen molar-refractivity contribution in [3.63, 3.8) is 0 Å². The molecule has 0 aliphatic heterocycles. The third-order valence-electron chi connectivity index (χ3n) is 2.63. The molecule has 0 saturated heterocycles. The predicted molar refractivity (Wildman–Crippen MR) is 62.8 cm³/mol. The van der Waals surface area contributed by atoms with Gasteiger partial charge < -0.3 is 5.32 Å². The number of hydrogen-bond acceptors (Lipinski definition) is 1. The second kappa shape index (κ2) is 5.47. The van der Waals surface area contributed by atoms with Crippen molar-refractivity contribution in [2.75, 3.05) is 7.05 Å². The van der Waals surface area contributed by atoms with Crippen LogP contribution in [0.3, 0.4) is 0 Å². The Morgan fingerprint density at radius 1 is 1.40 bits per heavy atom. The highest BCUT2D eigenvalue weighted by molar-refractivity contribution is 6.31. The molecule has 0 aliphatic carbocycles. The zero-order valence-electron chi connectivity index (χ0n) is 9.35. The van der Waals surface area contributed by atoms with Crippen LogP contribution in [0.1, 0.15) is 19.4 Å². The van der Waals surface area contributed by atoms with Gasteiger partial charge in [-0.2, -0.15) is 0 Å². The Hall–Kier alpha value is -0.600. The quantitative estimate of drug-likeness (QED) is 0.836. The first-order valence-electron chi connectivity index (χ1n) is 5.15. The van der Waals surface area contributed by atoms with Crippen molar-refractivity contribution in [1.29, 1.82) is 0 Å². The maximum atomic E-state index is 12.8. The molecule has 1 nitrogen and oxygen atoms in total. The van der Waals surface area contributed by atoms with Crippen molar-refractivity contribution in [3.05, 3.63) is 34.6 Å². The molecule has 0 heterocycles. The van der Waals surface area contributed by atoms with Crippen molar-refractivity contribution in [2.24, 2.45) is 5.92 Å². The number of nitrogens with one attached hydrogen (secondary N) is 1. The van der Waals surface area contributed by atoms with Crippen LogP contribution in [0.2, 0.25) is 5.02 Å². The van der Waals surface area contributed by atoms with Crippen LogP contribution in [-0.4, -0.2) is 13.1 Å². The molecular weight excluding hydrogens is 213 g/mol. The molecule has 0 spiro atoms. The number of benzene rings is 1. The maximum absolute atomic E-state index is 12.8. The molecule has 0 saturated carbocycles. The monoisotopic (exact) mass is 229 g/mol. The van der Waals surface area contributed by atoms with Crippen LogP contribution < -0.4 is 5.32 Å². The standard InChI is InChI=1S/C12H17ClFN/c1-8(2)12(15-3)6-9-4-5-10(14)7-11(9)13/h4-5,7-8,12,15H,6H2,1-3H3. The highest BCUT2D eigenvalue weighted by atomic mass is 35.5. The summed E-state index contributed by atoms with van der Waals surface area (Å²) in [5.41, 5.74) is 0.992. The van der Waals surface area contributed by atoms with Gasteiger partial charge in [0.2, 0.25) is 0 Å². The molecule has 1 N–H and O–H groups in total. The van der Waals surface area contributed by atoms with E-state index in [1.165, 1.54) is 12.1 Å². The lowest BCUT2D eigenvalue weighted by Gasteiger charge is -2.20. The van der Waals surface area contributed by atoms with Crippen LogP contribution in [-0.2, 0) is 6.42 Å². The maximum Gasteiger partial charge on any atom is 0.124 e. The molecule has 1 rings (SSSR count). The molecule has 1 atom stereocenters. The Morgan fingerprint density at radius 2 is 2.07 bits per heavy atom. The van der Waals surface area contributed by atoms with Crippen LogP contribution in [0.15, 0.2) is 18.2 Å². The van der Waals surface area contributed by atoms with Gasteiger partial charge in [0.1, 0.15) is 5.82 Å². The molecule has 3 heteroatoms. The zero-order chi connectivity index (χ0) is 11.4. The summed E-state index contributed by atoms with van der Waals surface area (Å²) >= 11 is 5.97. The van der Waals surface area contributed by atoms with Gasteiger partial charge in [-0.3, -0.25) is 0 Å². The van der Waals surface area contributed by atoms with Crippen molar-refractivity contribution in [3.8, 4) is 0 Å². The number of rotatable bonds is 4. The fourth-order valence-corrected chi connectivity index (χ4v) is 1.84. The highest BCUT2D eigenvalue weighted by Gasteiger charge is 2.13. The second-order valence-electron chi connectivity index (χ2n) is 4.08. The van der Waals surface area contributed by atoms with Gasteiger partial charge in [0, 0.05) is 11.1 Å². The van der Waals surface area contributed by atoms with E-state index in [0.29, 0.717) is 17.0 Å². The SMILES string of the molecule is CNC(Cc1ccc(F)cc1Cl)C(C)C. The fraction of sp³-hybridized carbons (Fsp3) is 0.500. The van der Waals surface area contributed by atoms with Gasteiger partial charge in [-0.25, -0.2) is 4.39 Å². The number of hydrogen-bond donors (Lipinski definition) is 1. The Balaban J connectivity index is 2.79. The second-order valence-corrected chi connectivity index (χ2v) is 4.49. The minimum atomic E-state index is -0.283. The first-order valence-corrected chi connectivity index (χ1v) is 5.53. The van der Waals surface area contributed by atoms with E-state index in [1.54, 1.807) is 6.07 Å². The van der Waals surface area contributed by atoms with Crippen molar-refractivity contribution >= 4 is 11.6 Å². The van der Waals surface area contributed by atoms with Crippen LogP contribution in [0, 0.1) is 11.7 Å². The van der Waals surface area contributed by atoms with Gasteiger partial charge in [0.15, 0.2) is 0 Å². The highest BCUT2D eigenvalue weighted by Crippen LogP contribution is 2.20. The summed E-state index contributed by atoms with van der Waals surface area (Å²) in [6, 6.07) is 4.94. The van der Waals surface area contributed by atoms with E-state index in [9.17, 15) is 4.39 Å². The van der Waals surface area contributed by atoms with Gasteiger partial charge >= 0.3 is 0 Å². The molecule has 0 bridgehead atoms. The minimum Gasteiger partial charge on any atom is -0.316 e. The van der Waals surface area contributed by atoms with E-state index in [4.69, 9.17) is 11.6 Å². The van der Waals surface area contributed by atoms with E-state index >= 15 is 0 Å². The Morgan fingerprint density at radius 3 is 2.53 bits per heavy atom. The first-order chi connectivity index (χ1) is 7.04. The summed E-state index contributed by atoms with van der Waals surface area (Å²) < 4.78 is 12.8. The van der Waals surface area contributed by atoms with Gasteiger partial charge in [-0.1, -0.05) is 31.5 Å². The molecule has 0 radical (unpaired) electrons. The van der Waals surface area contributed by atoms with E-state index in [2.05, 4.69) is 19.2 Å². The normalized spacial score (nSPS) is 13.2. The smallest absolute Gasteiger partial charge is 0.124 e. The van der Waals surface area contributed by atoms with E-state index in [-0.39, 0.29) is 5.82 Å². The average molecular weight is 230 g/mol. The molecule has 0 amide bonds. The number of halogens is 2. The summed E-state index contributed by atoms with van der Waals surface area (Å²) in [7, 11) is 1.93. The lowest BCUT2D eigenvalue weighted by Crippen LogP contribution is -2.32. The average Bonchev–Trinajstić information content (AvgIpc) is 2.16. The molecule has 1 aromatic rings. The predicted octanol–water partition coefficient (Wildman–Crippen LogP) is 3.27. The lowest BCUT2D eigenvalue weighted by molar-refractivity contribution is 0.424. The van der Waals surface area contributed by atoms with E-state index < -0.39 is 0 Å². The van der Waals surface area contributed by atoms with Crippen LogP contribution in [0.5, 0.6) is 0 Å². The number of likely N-dealkylation sites (N-methyl/N-ethyl adjacent to an activating group) is 1. The Bertz CT molecular complexity index is 325. The van der Waals surface area contributed by atoms with Crippen molar-refractivity contribution < 1.29 is 4.39 Å². The summed E-state index contributed by atoms with van der Waals surface area (Å²) in [5.74, 6) is 0.241. The van der Waals surface area contributed by atoms with E-state index in [0.717, 1.165) is 12.0 Å². The minimum absolute atomic E-state index is 0.283. The van der Waals surface area contributed by atoms with Crippen LogP contribution >= 0.6 is 11.6 Å². The Labute approximate surface area is 95.6 Å². The third kappa shape index (κ3) is 3.47. The van der Waals surface area contributed by atoms with Gasteiger partial charge in [-0.15, -0.1) is 0 Å². The molecule has 84 valence electrons. The molecule has 15 heavy (non-hydrogen) atoms. The topological polar surface area (TPSA) is 12.0 Å². The third-order valence-corrected chi connectivity index (χ3v) is 2.98. The van der Waals surface area contributed by atoms with Gasteiger partial charge in [0.25, 0.3) is 0 Å². The summed E-state index contributed by atoms with van der Waals surface area (Å²) in [6.07, 6.45) is 0.827. The van der Waals surface area contributed by atoms with Crippen molar-refractivity contribution in [2.45, 2.75) is 26.3 Å². The largest absolute Gasteiger partial charge is 0.316 e. The molecule has 0 aromatic heterocycles. The molecular formula is C12H17ClFN.